The second kappa shape index (κ2) is 8.28. The van der Waals surface area contributed by atoms with E-state index >= 15 is 0 Å². The molecule has 1 aromatic rings. The van der Waals surface area contributed by atoms with Gasteiger partial charge in [-0.15, -0.1) is 5.56 Å². The van der Waals surface area contributed by atoms with E-state index in [1.807, 2.05) is 6.07 Å². The Morgan fingerprint density at radius 3 is 2.06 bits per heavy atom. The van der Waals surface area contributed by atoms with Gasteiger partial charge in [0.05, 0.1) is 0 Å². The van der Waals surface area contributed by atoms with Crippen LogP contribution in [0.5, 0.6) is 0 Å². The third-order valence-corrected chi connectivity index (χ3v) is 2.35. The van der Waals surface area contributed by atoms with Gasteiger partial charge in [-0.2, -0.15) is 11.6 Å². The molecule has 0 N–H and O–H groups in total. The first-order valence-corrected chi connectivity index (χ1v) is 4.65. The van der Waals surface area contributed by atoms with Gasteiger partial charge in [-0.3, -0.25) is 6.08 Å². The van der Waals surface area contributed by atoms with E-state index in [1.165, 1.54) is 16.7 Å². The van der Waals surface area contributed by atoms with Gasteiger partial charge < -0.3 is 24.8 Å². The third kappa shape index (κ3) is 4.20. The van der Waals surface area contributed by atoms with Crippen molar-refractivity contribution >= 4 is 5.57 Å². The molecule has 1 unspecified atom stereocenters. The molecule has 16 heavy (non-hydrogen) atoms. The van der Waals surface area contributed by atoms with Gasteiger partial charge >= 0.3 is 26.2 Å². The Morgan fingerprint density at radius 2 is 1.62 bits per heavy atom. The topological polar surface area (TPSA) is 0 Å². The molecule has 0 amide bonds. The van der Waals surface area contributed by atoms with Crippen molar-refractivity contribution in [3.63, 3.8) is 0 Å². The Labute approximate surface area is 129 Å². The zero-order chi connectivity index (χ0) is 9.26. The average molecular weight is 331 g/mol. The quantitative estimate of drug-likeness (QED) is 0.498. The smallest absolute Gasteiger partial charge is 1.00 e. The first-order chi connectivity index (χ1) is 6.27. The van der Waals surface area contributed by atoms with E-state index < -0.39 is 0 Å². The molecule has 0 heterocycles. The summed E-state index contributed by atoms with van der Waals surface area (Å²) >= 11 is 0. The molecule has 1 aliphatic rings. The van der Waals surface area contributed by atoms with E-state index in [1.54, 1.807) is 0 Å². The van der Waals surface area contributed by atoms with E-state index in [0.717, 1.165) is 0 Å². The molecule has 0 aromatic heterocycles. The van der Waals surface area contributed by atoms with Crippen LogP contribution in [-0.2, 0) is 26.2 Å². The maximum absolute atomic E-state index is 3.39. The summed E-state index contributed by atoms with van der Waals surface area (Å²) in [5.74, 6) is 0.468. The van der Waals surface area contributed by atoms with Crippen molar-refractivity contribution < 1.29 is 51.0 Å². The Balaban J connectivity index is 0. The number of rotatable bonds is 1. The van der Waals surface area contributed by atoms with Gasteiger partial charge in [0.15, 0.2) is 0 Å². The van der Waals surface area contributed by atoms with Gasteiger partial charge in [0.25, 0.3) is 0 Å². The fraction of sp³-hybridized carbons (Fsp3) is 0.231. The van der Waals surface area contributed by atoms with Crippen molar-refractivity contribution in [1.29, 1.82) is 0 Å². The van der Waals surface area contributed by atoms with Crippen LogP contribution < -0.4 is 24.8 Å². The van der Waals surface area contributed by atoms with Crippen LogP contribution in [0, 0.1) is 12.0 Å². The second-order valence-corrected chi connectivity index (χ2v) is 3.50. The molecule has 1 aromatic carbocycles. The molecule has 0 nitrogen and oxygen atoms in total. The number of benzene rings is 1. The van der Waals surface area contributed by atoms with Crippen LogP contribution in [0.1, 0.15) is 19.4 Å². The minimum Gasteiger partial charge on any atom is -1.00 e. The molecule has 1 aliphatic carbocycles. The molecule has 1 atom stereocenters. The summed E-state index contributed by atoms with van der Waals surface area (Å²) in [6, 6.07) is 10.5. The molecule has 0 aliphatic heterocycles. The molecule has 0 bridgehead atoms. The monoisotopic (exact) mass is 329 g/mol. The van der Waals surface area contributed by atoms with E-state index in [2.05, 4.69) is 50.3 Å². The van der Waals surface area contributed by atoms with Crippen LogP contribution in [0.3, 0.4) is 0 Å². The van der Waals surface area contributed by atoms with Crippen molar-refractivity contribution in [1.82, 2.24) is 0 Å². The predicted octanol–water partition coefficient (Wildman–Crippen LogP) is -2.53. The van der Waals surface area contributed by atoms with Crippen LogP contribution in [0.4, 0.5) is 0 Å². The maximum Gasteiger partial charge on any atom is 3.00 e. The zero-order valence-corrected chi connectivity index (χ0v) is 13.3. The Kier molecular flexibility index (Phi) is 9.59. The molecular formula is C13H13Cl2Zr. The third-order valence-electron chi connectivity index (χ3n) is 2.35. The summed E-state index contributed by atoms with van der Waals surface area (Å²) < 4.78 is 0. The molecular weight excluding hydrogens is 318 g/mol. The van der Waals surface area contributed by atoms with Gasteiger partial charge in [0.2, 0.25) is 0 Å². The van der Waals surface area contributed by atoms with Crippen molar-refractivity contribution in [3.8, 4) is 0 Å². The number of allylic oxidation sites excluding steroid dienone is 4. The molecule has 0 saturated carbocycles. The van der Waals surface area contributed by atoms with Crippen LogP contribution in [-0.4, -0.2) is 0 Å². The predicted molar refractivity (Wildman–Crippen MR) is 56.0 cm³/mol. The summed E-state index contributed by atoms with van der Waals surface area (Å²) in [6.07, 6.45) is 5.66. The minimum atomic E-state index is 0. The number of halogens is 2. The first kappa shape index (κ1) is 18.5. The second-order valence-electron chi connectivity index (χ2n) is 3.50. The van der Waals surface area contributed by atoms with Crippen LogP contribution >= 0.6 is 0 Å². The normalized spacial score (nSPS) is 17.2. The SMILES string of the molecule is CC1=[C-]C(C)C=C1c1ccccc1.[Cl-].[Cl-].[Zr+3]. The van der Waals surface area contributed by atoms with Crippen molar-refractivity contribution in [2.24, 2.45) is 5.92 Å². The average Bonchev–Trinajstić information content (AvgIpc) is 2.47. The summed E-state index contributed by atoms with van der Waals surface area (Å²) in [4.78, 5) is 0. The molecule has 3 heteroatoms. The summed E-state index contributed by atoms with van der Waals surface area (Å²) in [5.41, 5.74) is 3.92. The fourth-order valence-corrected chi connectivity index (χ4v) is 1.77. The van der Waals surface area contributed by atoms with Gasteiger partial charge in [0.1, 0.15) is 0 Å². The Morgan fingerprint density at radius 1 is 1.06 bits per heavy atom. The van der Waals surface area contributed by atoms with Crippen LogP contribution in [0.25, 0.3) is 5.57 Å². The maximum atomic E-state index is 3.39. The van der Waals surface area contributed by atoms with Gasteiger partial charge in [-0.05, 0) is 0 Å². The van der Waals surface area contributed by atoms with E-state index in [4.69, 9.17) is 0 Å². The van der Waals surface area contributed by atoms with E-state index in [-0.39, 0.29) is 51.0 Å². The Bertz CT molecular complexity index is 369. The standard InChI is InChI=1S/C13H13.2ClH.Zr/c1-10-8-11(2)13(9-10)12-6-4-3-5-7-12;;;/h3-7,9-10H,1-2H3;2*1H;/q-1;;;+3/p-2. The zero-order valence-electron chi connectivity index (χ0n) is 9.30. The van der Waals surface area contributed by atoms with Crippen molar-refractivity contribution in [2.75, 3.05) is 0 Å². The number of hydrogen-bond acceptors (Lipinski definition) is 0. The van der Waals surface area contributed by atoms with Crippen LogP contribution in [0.2, 0.25) is 0 Å². The van der Waals surface area contributed by atoms with Gasteiger partial charge in [0, 0.05) is 0 Å². The van der Waals surface area contributed by atoms with Crippen LogP contribution in [0.15, 0.2) is 42.0 Å². The molecule has 2 rings (SSSR count). The van der Waals surface area contributed by atoms with Crippen molar-refractivity contribution in [3.05, 3.63) is 53.6 Å². The number of hydrogen-bond donors (Lipinski definition) is 0. The van der Waals surface area contributed by atoms with Gasteiger partial charge in [-0.1, -0.05) is 50.1 Å². The molecule has 1 radical (unpaired) electrons. The summed E-state index contributed by atoms with van der Waals surface area (Å²) in [5, 5.41) is 0. The first-order valence-electron chi connectivity index (χ1n) is 4.65. The molecule has 83 valence electrons. The minimum absolute atomic E-state index is 0. The molecule has 0 saturated heterocycles. The van der Waals surface area contributed by atoms with Gasteiger partial charge in [-0.25, -0.2) is 5.57 Å². The largest absolute Gasteiger partial charge is 3.00 e. The summed E-state index contributed by atoms with van der Waals surface area (Å²) in [7, 11) is 0. The molecule has 0 spiro atoms. The van der Waals surface area contributed by atoms with E-state index in [9.17, 15) is 0 Å². The Hall–Kier alpha value is 0.163. The fourth-order valence-electron chi connectivity index (χ4n) is 1.77. The molecule has 0 fully saturated rings. The van der Waals surface area contributed by atoms with E-state index in [0.29, 0.717) is 5.92 Å². The summed E-state index contributed by atoms with van der Waals surface area (Å²) in [6.45, 7) is 4.29. The van der Waals surface area contributed by atoms with Crippen molar-refractivity contribution in [2.45, 2.75) is 13.8 Å².